The highest BCUT2D eigenvalue weighted by Crippen LogP contribution is 2.29. The maximum Gasteiger partial charge on any atom is 0.405 e. The SMILES string of the molecule is NC(=O)c1cnc2[nH]cc(-c3nncc(N[C@@H]4CCCC[C@@H]4C(=O)NCC(F)(F)F)n3)c2c1. The molecule has 1 fully saturated rings. The topological polar surface area (TPSA) is 152 Å². The summed E-state index contributed by atoms with van der Waals surface area (Å²) >= 11 is 0. The number of aromatic amines is 1. The van der Waals surface area contributed by atoms with Crippen molar-refractivity contribution in [1.29, 1.82) is 0 Å². The van der Waals surface area contributed by atoms with Crippen molar-refractivity contribution in [2.45, 2.75) is 37.9 Å². The average Bonchev–Trinajstić information content (AvgIpc) is 3.21. The second-order valence-electron chi connectivity index (χ2n) is 7.83. The van der Waals surface area contributed by atoms with Crippen LogP contribution >= 0.6 is 0 Å². The maximum absolute atomic E-state index is 12.5. The summed E-state index contributed by atoms with van der Waals surface area (Å²) in [5, 5.41) is 13.7. The summed E-state index contributed by atoms with van der Waals surface area (Å²) in [5.41, 5.74) is 6.60. The van der Waals surface area contributed by atoms with Gasteiger partial charge in [-0.15, -0.1) is 5.10 Å². The van der Waals surface area contributed by atoms with Crippen LogP contribution in [0, 0.1) is 5.92 Å². The molecule has 0 aliphatic heterocycles. The van der Waals surface area contributed by atoms with E-state index in [1.807, 2.05) is 5.32 Å². The zero-order valence-electron chi connectivity index (χ0n) is 17.3. The Morgan fingerprint density at radius 3 is 2.76 bits per heavy atom. The van der Waals surface area contributed by atoms with Crippen LogP contribution in [0.4, 0.5) is 19.0 Å². The van der Waals surface area contributed by atoms with Crippen molar-refractivity contribution in [3.05, 3.63) is 30.2 Å². The Kier molecular flexibility index (Phi) is 6.11. The van der Waals surface area contributed by atoms with E-state index < -0.39 is 36.5 Å². The molecule has 174 valence electrons. The van der Waals surface area contributed by atoms with Gasteiger partial charge in [-0.05, 0) is 18.9 Å². The number of alkyl halides is 3. The van der Waals surface area contributed by atoms with Gasteiger partial charge in [0.2, 0.25) is 11.8 Å². The fourth-order valence-corrected chi connectivity index (χ4v) is 3.94. The van der Waals surface area contributed by atoms with E-state index >= 15 is 0 Å². The molecule has 2 amide bonds. The number of nitrogens with zero attached hydrogens (tertiary/aromatic N) is 4. The zero-order valence-corrected chi connectivity index (χ0v) is 17.3. The Hall–Kier alpha value is -3.77. The molecule has 0 unspecified atom stereocenters. The first kappa shape index (κ1) is 22.4. The lowest BCUT2D eigenvalue weighted by molar-refractivity contribution is -0.141. The van der Waals surface area contributed by atoms with Gasteiger partial charge >= 0.3 is 6.18 Å². The first-order valence-electron chi connectivity index (χ1n) is 10.3. The van der Waals surface area contributed by atoms with E-state index in [1.165, 1.54) is 12.4 Å². The summed E-state index contributed by atoms with van der Waals surface area (Å²) in [6.07, 6.45) is 2.54. The fourth-order valence-electron chi connectivity index (χ4n) is 3.94. The predicted octanol–water partition coefficient (Wildman–Crippen LogP) is 2.16. The molecule has 10 nitrogen and oxygen atoms in total. The van der Waals surface area contributed by atoms with E-state index in [-0.39, 0.29) is 11.4 Å². The Bertz CT molecular complexity index is 1180. The molecule has 33 heavy (non-hydrogen) atoms. The molecule has 0 radical (unpaired) electrons. The monoisotopic (exact) mass is 462 g/mol. The van der Waals surface area contributed by atoms with Gasteiger partial charge in [-0.3, -0.25) is 9.59 Å². The largest absolute Gasteiger partial charge is 0.405 e. The molecule has 13 heteroatoms. The van der Waals surface area contributed by atoms with Crippen LogP contribution in [-0.2, 0) is 4.79 Å². The third kappa shape index (κ3) is 5.18. The lowest BCUT2D eigenvalue weighted by atomic mass is 9.84. The molecular weight excluding hydrogens is 441 g/mol. The minimum absolute atomic E-state index is 0.223. The number of fused-ring (bicyclic) bond motifs is 1. The quantitative estimate of drug-likeness (QED) is 0.438. The molecule has 4 rings (SSSR count). The number of primary amides is 1. The van der Waals surface area contributed by atoms with Gasteiger partial charge in [-0.25, -0.2) is 9.97 Å². The summed E-state index contributed by atoms with van der Waals surface area (Å²) in [6, 6.07) is 1.17. The number of halogens is 3. The molecule has 0 bridgehead atoms. The molecule has 2 atom stereocenters. The number of carbonyl (C=O) groups excluding carboxylic acids is 2. The number of anilines is 1. The highest BCUT2D eigenvalue weighted by Gasteiger charge is 2.34. The Morgan fingerprint density at radius 2 is 2.00 bits per heavy atom. The predicted molar refractivity (Wildman–Crippen MR) is 112 cm³/mol. The lowest BCUT2D eigenvalue weighted by Crippen LogP contribution is -2.45. The fraction of sp³-hybridized carbons (Fsp3) is 0.400. The van der Waals surface area contributed by atoms with E-state index in [2.05, 4.69) is 30.5 Å². The molecular formula is C20H21F3N8O2. The summed E-state index contributed by atoms with van der Waals surface area (Å²) in [7, 11) is 0. The molecule has 3 aromatic heterocycles. The highest BCUT2D eigenvalue weighted by atomic mass is 19.4. The maximum atomic E-state index is 12.5. The van der Waals surface area contributed by atoms with Crippen molar-refractivity contribution in [2.75, 3.05) is 11.9 Å². The molecule has 5 N–H and O–H groups in total. The summed E-state index contributed by atoms with van der Waals surface area (Å²) in [5.74, 6) is -1.33. The van der Waals surface area contributed by atoms with E-state index in [1.54, 1.807) is 12.3 Å². The van der Waals surface area contributed by atoms with Gasteiger partial charge in [0.1, 0.15) is 18.0 Å². The zero-order chi connectivity index (χ0) is 23.6. The van der Waals surface area contributed by atoms with Crippen LogP contribution in [-0.4, -0.2) is 55.7 Å². The number of nitrogens with one attached hydrogen (secondary N) is 3. The number of aromatic nitrogens is 5. The van der Waals surface area contributed by atoms with Crippen LogP contribution in [0.15, 0.2) is 24.7 Å². The average molecular weight is 462 g/mol. The summed E-state index contributed by atoms with van der Waals surface area (Å²) in [4.78, 5) is 35.5. The van der Waals surface area contributed by atoms with Crippen molar-refractivity contribution >= 4 is 28.7 Å². The minimum Gasteiger partial charge on any atom is -0.366 e. The third-order valence-corrected chi connectivity index (χ3v) is 5.51. The molecule has 1 saturated carbocycles. The molecule has 3 heterocycles. The first-order valence-corrected chi connectivity index (χ1v) is 10.3. The molecule has 1 aliphatic carbocycles. The van der Waals surface area contributed by atoms with E-state index in [4.69, 9.17) is 5.73 Å². The van der Waals surface area contributed by atoms with Crippen LogP contribution in [0.2, 0.25) is 0 Å². The number of H-pyrrole nitrogens is 1. The summed E-state index contributed by atoms with van der Waals surface area (Å²) in [6.45, 7) is -1.36. The summed E-state index contributed by atoms with van der Waals surface area (Å²) < 4.78 is 37.5. The van der Waals surface area contributed by atoms with Crippen molar-refractivity contribution in [3.63, 3.8) is 0 Å². The van der Waals surface area contributed by atoms with Gasteiger partial charge < -0.3 is 21.4 Å². The standard InChI is InChI=1S/C20H21F3N8O2/c21-20(22,23)9-27-19(33)11-3-1-2-4-14(11)29-15-8-28-31-18(30-15)13-7-26-17-12(13)5-10(6-25-17)16(24)32/h5-8,11,14H,1-4,9H2,(H2,24,32)(H,25,26)(H,27,33)(H,29,30,31)/t11-,14+/m0/s1. The van der Waals surface area contributed by atoms with Crippen LogP contribution in [0.5, 0.6) is 0 Å². The smallest absolute Gasteiger partial charge is 0.366 e. The third-order valence-electron chi connectivity index (χ3n) is 5.51. The van der Waals surface area contributed by atoms with Crippen LogP contribution in [0.1, 0.15) is 36.0 Å². The number of amides is 2. The van der Waals surface area contributed by atoms with Crippen molar-refractivity contribution in [2.24, 2.45) is 11.7 Å². The second kappa shape index (κ2) is 9.00. The normalized spacial score (nSPS) is 18.8. The molecule has 0 aromatic carbocycles. The van der Waals surface area contributed by atoms with Crippen molar-refractivity contribution in [1.82, 2.24) is 30.5 Å². The van der Waals surface area contributed by atoms with Gasteiger partial charge in [0.25, 0.3) is 0 Å². The van der Waals surface area contributed by atoms with E-state index in [0.29, 0.717) is 35.3 Å². The number of rotatable bonds is 6. The highest BCUT2D eigenvalue weighted by molar-refractivity contribution is 5.99. The van der Waals surface area contributed by atoms with Crippen LogP contribution in [0.3, 0.4) is 0 Å². The van der Waals surface area contributed by atoms with Gasteiger partial charge in [0, 0.05) is 29.4 Å². The van der Waals surface area contributed by atoms with Gasteiger partial charge in [0.05, 0.1) is 17.7 Å². The number of carbonyl (C=O) groups is 2. The van der Waals surface area contributed by atoms with Crippen molar-refractivity contribution in [3.8, 4) is 11.4 Å². The molecule has 3 aromatic rings. The Labute approximate surface area is 185 Å². The van der Waals surface area contributed by atoms with Crippen LogP contribution < -0.4 is 16.4 Å². The lowest BCUT2D eigenvalue weighted by Gasteiger charge is -2.31. The van der Waals surface area contributed by atoms with Crippen molar-refractivity contribution < 1.29 is 22.8 Å². The van der Waals surface area contributed by atoms with Gasteiger partial charge in [0.15, 0.2) is 5.82 Å². The number of hydrogen-bond donors (Lipinski definition) is 4. The first-order chi connectivity index (χ1) is 15.7. The van der Waals surface area contributed by atoms with E-state index in [0.717, 1.165) is 12.8 Å². The number of hydrogen-bond acceptors (Lipinski definition) is 7. The minimum atomic E-state index is -4.47. The van der Waals surface area contributed by atoms with Crippen LogP contribution in [0.25, 0.3) is 22.4 Å². The number of pyridine rings is 1. The Balaban J connectivity index is 1.55. The number of nitrogens with two attached hydrogens (primary N) is 1. The van der Waals surface area contributed by atoms with Gasteiger partial charge in [-0.1, -0.05) is 12.8 Å². The molecule has 0 saturated heterocycles. The molecule has 1 aliphatic rings. The second-order valence-corrected chi connectivity index (χ2v) is 7.83. The Morgan fingerprint density at radius 1 is 1.21 bits per heavy atom. The van der Waals surface area contributed by atoms with Gasteiger partial charge in [-0.2, -0.15) is 18.3 Å². The molecule has 0 spiro atoms. The van der Waals surface area contributed by atoms with E-state index in [9.17, 15) is 22.8 Å².